The van der Waals surface area contributed by atoms with E-state index in [1.165, 1.54) is 31.0 Å². The molecule has 10 heteroatoms. The summed E-state index contributed by atoms with van der Waals surface area (Å²) in [4.78, 5) is 28.7. The van der Waals surface area contributed by atoms with E-state index >= 15 is 0 Å². The van der Waals surface area contributed by atoms with Crippen LogP contribution in [-0.4, -0.2) is 81.1 Å². The molecule has 1 aromatic heterocycles. The highest BCUT2D eigenvalue weighted by atomic mass is 32.2. The van der Waals surface area contributed by atoms with Crippen LogP contribution >= 0.6 is 11.8 Å². The second-order valence-corrected chi connectivity index (χ2v) is 9.67. The molecule has 34 heavy (non-hydrogen) atoms. The number of nitrogens with zero attached hydrogens (tertiary/aromatic N) is 5. The molecule has 0 bridgehead atoms. The fraction of sp³-hybridized carbons (Fsp3) is 0.583. The number of hydrogen-bond acceptors (Lipinski definition) is 7. The van der Waals surface area contributed by atoms with Crippen LogP contribution in [-0.2, 0) is 16.1 Å². The molecule has 2 aromatic rings. The molecule has 184 valence electrons. The summed E-state index contributed by atoms with van der Waals surface area (Å²) in [5.41, 5.74) is 1.01. The molecule has 2 aliphatic heterocycles. The Kier molecular flexibility index (Phi) is 8.81. The number of hydrogen-bond donors (Lipinski definition) is 1. The third-order valence-electron chi connectivity index (χ3n) is 6.25. The number of rotatable bonds is 8. The molecule has 9 nitrogen and oxygen atoms in total. The zero-order chi connectivity index (χ0) is 23.8. The maximum atomic E-state index is 12.7. The number of para-hydroxylation sites is 1. The molecule has 2 amide bonds. The second-order valence-electron chi connectivity index (χ2n) is 8.72. The van der Waals surface area contributed by atoms with E-state index in [1.807, 2.05) is 30.3 Å². The van der Waals surface area contributed by atoms with Gasteiger partial charge in [0.05, 0.1) is 18.9 Å². The zero-order valence-corrected chi connectivity index (χ0v) is 20.6. The fourth-order valence-corrected chi connectivity index (χ4v) is 5.25. The van der Waals surface area contributed by atoms with Gasteiger partial charge in [0.25, 0.3) is 0 Å². The SMILES string of the molecule is CCOC(=O)N1CCC(NC(=O)CSc2nnc(CN3CCCCC3)n2-c2ccccc2)CC1. The van der Waals surface area contributed by atoms with E-state index in [9.17, 15) is 9.59 Å². The average molecular weight is 487 g/mol. The van der Waals surface area contributed by atoms with Crippen LogP contribution in [0.25, 0.3) is 5.69 Å². The van der Waals surface area contributed by atoms with Gasteiger partial charge in [-0.25, -0.2) is 4.79 Å². The molecule has 3 heterocycles. The van der Waals surface area contributed by atoms with E-state index in [0.717, 1.165) is 49.1 Å². The monoisotopic (exact) mass is 486 g/mol. The summed E-state index contributed by atoms with van der Waals surface area (Å²) in [6.07, 6.45) is 4.92. The van der Waals surface area contributed by atoms with Crippen molar-refractivity contribution in [2.24, 2.45) is 0 Å². The topological polar surface area (TPSA) is 92.6 Å². The summed E-state index contributed by atoms with van der Waals surface area (Å²) >= 11 is 1.41. The Bertz CT molecular complexity index is 939. The third kappa shape index (κ3) is 6.50. The van der Waals surface area contributed by atoms with Crippen LogP contribution in [0.15, 0.2) is 35.5 Å². The number of ether oxygens (including phenoxy) is 1. The first-order valence-electron chi connectivity index (χ1n) is 12.2. The van der Waals surface area contributed by atoms with Gasteiger partial charge in [-0.05, 0) is 57.8 Å². The molecule has 0 spiro atoms. The summed E-state index contributed by atoms with van der Waals surface area (Å²) in [6.45, 7) is 6.30. The fourth-order valence-electron chi connectivity index (χ4n) is 4.47. The number of benzene rings is 1. The average Bonchev–Trinajstić information content (AvgIpc) is 3.26. The standard InChI is InChI=1S/C24H34N6O3S/c1-2-33-24(32)29-15-11-19(12-16-29)25-22(31)18-34-23-27-26-21(17-28-13-7-4-8-14-28)30(23)20-9-5-3-6-10-20/h3,5-6,9-10,19H,2,4,7-8,11-18H2,1H3,(H,25,31). The van der Waals surface area contributed by atoms with Crippen molar-refractivity contribution in [1.29, 1.82) is 0 Å². The first-order chi connectivity index (χ1) is 16.6. The molecular formula is C24H34N6O3S. The lowest BCUT2D eigenvalue weighted by molar-refractivity contribution is -0.119. The summed E-state index contributed by atoms with van der Waals surface area (Å²) in [6, 6.07) is 10.2. The number of carbonyl (C=O) groups excluding carboxylic acids is 2. The minimum atomic E-state index is -0.275. The molecule has 0 saturated carbocycles. The van der Waals surface area contributed by atoms with Crippen LogP contribution in [0, 0.1) is 0 Å². The van der Waals surface area contributed by atoms with Gasteiger partial charge in [-0.3, -0.25) is 14.3 Å². The predicted molar refractivity (Wildman–Crippen MR) is 131 cm³/mol. The van der Waals surface area contributed by atoms with Gasteiger partial charge in [-0.15, -0.1) is 10.2 Å². The van der Waals surface area contributed by atoms with Crippen molar-refractivity contribution < 1.29 is 14.3 Å². The number of piperidine rings is 2. The number of carbonyl (C=O) groups is 2. The third-order valence-corrected chi connectivity index (χ3v) is 7.18. The van der Waals surface area contributed by atoms with Gasteiger partial charge >= 0.3 is 6.09 Å². The van der Waals surface area contributed by atoms with Gasteiger partial charge in [0.15, 0.2) is 11.0 Å². The van der Waals surface area contributed by atoms with Gasteiger partial charge in [0.2, 0.25) is 5.91 Å². The molecule has 1 aromatic carbocycles. The van der Waals surface area contributed by atoms with Gasteiger partial charge in [0.1, 0.15) is 0 Å². The van der Waals surface area contributed by atoms with Crippen LogP contribution in [0.4, 0.5) is 4.79 Å². The highest BCUT2D eigenvalue weighted by molar-refractivity contribution is 7.99. The second kappa shape index (κ2) is 12.2. The van der Waals surface area contributed by atoms with Gasteiger partial charge in [0, 0.05) is 24.8 Å². The van der Waals surface area contributed by atoms with Gasteiger partial charge in [-0.1, -0.05) is 36.4 Å². The molecule has 4 rings (SSSR count). The van der Waals surface area contributed by atoms with Crippen LogP contribution in [0.5, 0.6) is 0 Å². The van der Waals surface area contributed by atoms with Crippen molar-refractivity contribution in [3.8, 4) is 5.69 Å². The van der Waals surface area contributed by atoms with Gasteiger partial charge < -0.3 is 15.0 Å². The lowest BCUT2D eigenvalue weighted by atomic mass is 10.1. The van der Waals surface area contributed by atoms with Crippen LogP contribution in [0.1, 0.15) is 44.9 Å². The van der Waals surface area contributed by atoms with Crippen molar-refractivity contribution in [2.75, 3.05) is 38.5 Å². The Morgan fingerprint density at radius 1 is 1.06 bits per heavy atom. The van der Waals surface area contributed by atoms with E-state index < -0.39 is 0 Å². The molecule has 2 fully saturated rings. The summed E-state index contributed by atoms with van der Waals surface area (Å²) < 4.78 is 7.13. The Balaban J connectivity index is 1.34. The molecule has 0 aliphatic carbocycles. The number of aromatic nitrogens is 3. The maximum Gasteiger partial charge on any atom is 0.409 e. The predicted octanol–water partition coefficient (Wildman–Crippen LogP) is 3.08. The van der Waals surface area contributed by atoms with E-state index in [-0.39, 0.29) is 23.8 Å². The molecular weight excluding hydrogens is 452 g/mol. The summed E-state index contributed by atoms with van der Waals surface area (Å²) in [7, 11) is 0. The first kappa shape index (κ1) is 24.5. The number of thioether (sulfide) groups is 1. The zero-order valence-electron chi connectivity index (χ0n) is 19.8. The van der Waals surface area contributed by atoms with E-state index in [1.54, 1.807) is 11.8 Å². The van der Waals surface area contributed by atoms with Crippen molar-refractivity contribution in [3.05, 3.63) is 36.2 Å². The minimum absolute atomic E-state index is 0.0280. The molecule has 0 radical (unpaired) electrons. The van der Waals surface area contributed by atoms with Crippen LogP contribution in [0.2, 0.25) is 0 Å². The van der Waals surface area contributed by atoms with Crippen molar-refractivity contribution in [1.82, 2.24) is 29.9 Å². The lowest BCUT2D eigenvalue weighted by Gasteiger charge is -2.31. The Morgan fingerprint density at radius 2 is 1.79 bits per heavy atom. The smallest absolute Gasteiger partial charge is 0.409 e. The molecule has 0 atom stereocenters. The highest BCUT2D eigenvalue weighted by Crippen LogP contribution is 2.24. The largest absolute Gasteiger partial charge is 0.450 e. The van der Waals surface area contributed by atoms with Crippen molar-refractivity contribution in [2.45, 2.75) is 56.8 Å². The number of likely N-dealkylation sites (tertiary alicyclic amines) is 2. The Hall–Kier alpha value is -2.59. The minimum Gasteiger partial charge on any atom is -0.450 e. The quantitative estimate of drug-likeness (QED) is 0.573. The number of amides is 2. The Labute approximate surface area is 205 Å². The Morgan fingerprint density at radius 3 is 2.50 bits per heavy atom. The first-order valence-corrected chi connectivity index (χ1v) is 13.2. The molecule has 1 N–H and O–H groups in total. The van der Waals surface area contributed by atoms with Crippen LogP contribution in [0.3, 0.4) is 0 Å². The van der Waals surface area contributed by atoms with Crippen LogP contribution < -0.4 is 5.32 Å². The van der Waals surface area contributed by atoms with Crippen molar-refractivity contribution in [3.63, 3.8) is 0 Å². The lowest BCUT2D eigenvalue weighted by Crippen LogP contribution is -2.47. The molecule has 2 saturated heterocycles. The number of nitrogens with one attached hydrogen (secondary N) is 1. The normalized spacial score (nSPS) is 17.5. The van der Waals surface area contributed by atoms with E-state index in [2.05, 4.69) is 25.0 Å². The summed E-state index contributed by atoms with van der Waals surface area (Å²) in [5.74, 6) is 1.15. The van der Waals surface area contributed by atoms with Gasteiger partial charge in [-0.2, -0.15) is 0 Å². The van der Waals surface area contributed by atoms with Crippen molar-refractivity contribution >= 4 is 23.8 Å². The molecule has 2 aliphatic rings. The maximum absolute atomic E-state index is 12.7. The highest BCUT2D eigenvalue weighted by Gasteiger charge is 2.25. The summed E-state index contributed by atoms with van der Waals surface area (Å²) in [5, 5.41) is 12.8. The molecule has 0 unspecified atom stereocenters. The van der Waals surface area contributed by atoms with E-state index in [4.69, 9.17) is 4.74 Å². The van der Waals surface area contributed by atoms with E-state index in [0.29, 0.717) is 19.7 Å².